The minimum absolute atomic E-state index is 0.245. The van der Waals surface area contributed by atoms with Gasteiger partial charge in [0.25, 0.3) is 5.91 Å². The summed E-state index contributed by atoms with van der Waals surface area (Å²) in [6.45, 7) is 2.70. The molecule has 1 amide bonds. The zero-order valence-electron chi connectivity index (χ0n) is 17.7. The summed E-state index contributed by atoms with van der Waals surface area (Å²) in [5.41, 5.74) is 1.21. The topological polar surface area (TPSA) is 77.7 Å². The van der Waals surface area contributed by atoms with Crippen LogP contribution >= 0.6 is 11.3 Å². The van der Waals surface area contributed by atoms with Gasteiger partial charge in [0.05, 0.1) is 20.7 Å². The largest absolute Gasteiger partial charge is 0.457 e. The van der Waals surface area contributed by atoms with Crippen molar-refractivity contribution < 1.29 is 17.9 Å². The van der Waals surface area contributed by atoms with E-state index in [2.05, 4.69) is 4.99 Å². The molecule has 4 aromatic rings. The van der Waals surface area contributed by atoms with Gasteiger partial charge in [-0.25, -0.2) is 8.42 Å². The third kappa shape index (κ3) is 4.66. The van der Waals surface area contributed by atoms with E-state index in [1.807, 2.05) is 41.8 Å². The van der Waals surface area contributed by atoms with Crippen LogP contribution in [0, 0.1) is 0 Å². The van der Waals surface area contributed by atoms with Crippen LogP contribution in [0.4, 0.5) is 0 Å². The molecule has 0 saturated heterocycles. The number of amides is 1. The Bertz CT molecular complexity index is 1450. The number of benzene rings is 3. The lowest BCUT2D eigenvalue weighted by atomic mass is 10.2. The third-order valence-corrected chi connectivity index (χ3v) is 6.97. The van der Waals surface area contributed by atoms with Crippen molar-refractivity contribution in [1.82, 2.24) is 4.57 Å². The normalized spacial score (nSPS) is 12.2. The molecule has 0 saturated carbocycles. The lowest BCUT2D eigenvalue weighted by Gasteiger charge is -2.08. The second kappa shape index (κ2) is 9.10. The van der Waals surface area contributed by atoms with Crippen molar-refractivity contribution in [2.24, 2.45) is 4.99 Å². The molecule has 4 rings (SSSR count). The predicted octanol–water partition coefficient (Wildman–Crippen LogP) is 5.05. The van der Waals surface area contributed by atoms with Crippen molar-refractivity contribution in [3.8, 4) is 11.5 Å². The molecule has 0 aliphatic rings. The van der Waals surface area contributed by atoms with Crippen molar-refractivity contribution in [1.29, 1.82) is 0 Å². The van der Waals surface area contributed by atoms with E-state index in [0.717, 1.165) is 16.6 Å². The third-order valence-electron chi connectivity index (χ3n) is 4.82. The maximum absolute atomic E-state index is 13.1. The van der Waals surface area contributed by atoms with Gasteiger partial charge in [-0.2, -0.15) is 4.99 Å². The summed E-state index contributed by atoms with van der Waals surface area (Å²) in [5, 5.41) is 0. The van der Waals surface area contributed by atoms with Gasteiger partial charge in [-0.05, 0) is 48.9 Å². The molecule has 0 aliphatic carbocycles. The van der Waals surface area contributed by atoms with Gasteiger partial charge in [0.2, 0.25) is 0 Å². The molecule has 3 aromatic carbocycles. The first-order valence-corrected chi connectivity index (χ1v) is 12.8. The predicted molar refractivity (Wildman–Crippen MR) is 126 cm³/mol. The number of para-hydroxylation sites is 2. The van der Waals surface area contributed by atoms with E-state index in [0.29, 0.717) is 28.4 Å². The zero-order valence-corrected chi connectivity index (χ0v) is 19.3. The fraction of sp³-hybridized carbons (Fsp3) is 0.167. The van der Waals surface area contributed by atoms with Gasteiger partial charge in [-0.3, -0.25) is 4.79 Å². The molecule has 0 aliphatic heterocycles. The minimum atomic E-state index is -3.33. The zero-order chi connectivity index (χ0) is 22.7. The van der Waals surface area contributed by atoms with Crippen LogP contribution in [-0.4, -0.2) is 25.1 Å². The van der Waals surface area contributed by atoms with E-state index < -0.39 is 15.7 Å². The molecule has 1 heterocycles. The number of fused-ring (bicyclic) bond motifs is 1. The van der Waals surface area contributed by atoms with Crippen molar-refractivity contribution in [2.75, 3.05) is 6.26 Å². The van der Waals surface area contributed by atoms with Crippen LogP contribution in [0.15, 0.2) is 82.7 Å². The standard InChI is InChI=1S/C24H22N2O4S2/c1-3-15-26-20-14-13-18(32(2,28)29)16-22(20)31-24(26)25-23(27)19-11-7-8-12-21(19)30-17-9-5-4-6-10-17/h4-14,16H,3,15H2,1-2H3. The summed E-state index contributed by atoms with van der Waals surface area (Å²) < 4.78 is 32.5. The Kier molecular flexibility index (Phi) is 6.25. The monoisotopic (exact) mass is 466 g/mol. The van der Waals surface area contributed by atoms with Crippen LogP contribution in [0.2, 0.25) is 0 Å². The maximum atomic E-state index is 13.1. The second-order valence-electron chi connectivity index (χ2n) is 7.27. The summed E-state index contributed by atoms with van der Waals surface area (Å²) in [5.74, 6) is 0.634. The minimum Gasteiger partial charge on any atom is -0.457 e. The number of nitrogens with zero attached hydrogens (tertiary/aromatic N) is 2. The van der Waals surface area contributed by atoms with Crippen molar-refractivity contribution in [3.05, 3.63) is 83.2 Å². The van der Waals surface area contributed by atoms with E-state index in [4.69, 9.17) is 4.74 Å². The van der Waals surface area contributed by atoms with Crippen LogP contribution in [0.5, 0.6) is 11.5 Å². The van der Waals surface area contributed by atoms with Crippen LogP contribution in [-0.2, 0) is 16.4 Å². The first-order valence-electron chi connectivity index (χ1n) is 10.1. The first kappa shape index (κ1) is 22.0. The number of carbonyl (C=O) groups excluding carboxylic acids is 1. The molecule has 0 unspecified atom stereocenters. The van der Waals surface area contributed by atoms with Gasteiger partial charge in [0.15, 0.2) is 14.6 Å². The highest BCUT2D eigenvalue weighted by Crippen LogP contribution is 2.26. The molecular weight excluding hydrogens is 444 g/mol. The number of hydrogen-bond donors (Lipinski definition) is 0. The van der Waals surface area contributed by atoms with E-state index in [1.54, 1.807) is 42.5 Å². The smallest absolute Gasteiger partial charge is 0.283 e. The summed E-state index contributed by atoms with van der Waals surface area (Å²) in [6.07, 6.45) is 2.02. The molecule has 0 atom stereocenters. The number of hydrogen-bond acceptors (Lipinski definition) is 5. The molecule has 1 aromatic heterocycles. The Labute approximate surface area is 190 Å². The van der Waals surface area contributed by atoms with Gasteiger partial charge in [-0.15, -0.1) is 0 Å². The van der Waals surface area contributed by atoms with Crippen LogP contribution < -0.4 is 9.54 Å². The summed E-state index contributed by atoms with van der Waals surface area (Å²) >= 11 is 1.30. The van der Waals surface area contributed by atoms with Crippen molar-refractivity contribution in [2.45, 2.75) is 24.8 Å². The highest BCUT2D eigenvalue weighted by Gasteiger charge is 2.15. The molecule has 8 heteroatoms. The fourth-order valence-corrected chi connectivity index (χ4v) is 5.12. The quantitative estimate of drug-likeness (QED) is 0.398. The highest BCUT2D eigenvalue weighted by molar-refractivity contribution is 7.90. The Hall–Kier alpha value is -3.23. The highest BCUT2D eigenvalue weighted by atomic mass is 32.2. The molecule has 0 fully saturated rings. The van der Waals surface area contributed by atoms with Crippen LogP contribution in [0.1, 0.15) is 23.7 Å². The van der Waals surface area contributed by atoms with Gasteiger partial charge in [-0.1, -0.05) is 48.6 Å². The fourth-order valence-electron chi connectivity index (χ4n) is 3.30. The Morgan fingerprint density at radius 3 is 2.47 bits per heavy atom. The molecule has 6 nitrogen and oxygen atoms in total. The van der Waals surface area contributed by atoms with E-state index >= 15 is 0 Å². The van der Waals surface area contributed by atoms with Gasteiger partial charge >= 0.3 is 0 Å². The number of aromatic nitrogens is 1. The van der Waals surface area contributed by atoms with Crippen molar-refractivity contribution >= 4 is 37.3 Å². The van der Waals surface area contributed by atoms with Crippen LogP contribution in [0.25, 0.3) is 10.2 Å². The molecule has 0 spiro atoms. The molecular formula is C24H22N2O4S2. The number of rotatable bonds is 6. The molecule has 0 bridgehead atoms. The lowest BCUT2D eigenvalue weighted by molar-refractivity contribution is 0.0995. The number of aryl methyl sites for hydroxylation is 1. The molecule has 0 N–H and O–H groups in total. The van der Waals surface area contributed by atoms with Gasteiger partial charge in [0.1, 0.15) is 11.5 Å². The Morgan fingerprint density at radius 2 is 1.75 bits per heavy atom. The van der Waals surface area contributed by atoms with E-state index in [1.165, 1.54) is 17.6 Å². The summed E-state index contributed by atoms with van der Waals surface area (Å²) in [7, 11) is -3.33. The Morgan fingerprint density at radius 1 is 1.03 bits per heavy atom. The average Bonchev–Trinajstić information content (AvgIpc) is 3.11. The second-order valence-corrected chi connectivity index (χ2v) is 10.3. The average molecular weight is 467 g/mol. The molecule has 32 heavy (non-hydrogen) atoms. The lowest BCUT2D eigenvalue weighted by Crippen LogP contribution is -2.17. The number of sulfone groups is 1. The SMILES string of the molecule is CCCn1c(=NC(=O)c2ccccc2Oc2ccccc2)sc2cc(S(C)(=O)=O)ccc21. The van der Waals surface area contributed by atoms with Gasteiger partial charge in [0, 0.05) is 12.8 Å². The number of carbonyl (C=O) groups is 1. The first-order chi connectivity index (χ1) is 15.4. The van der Waals surface area contributed by atoms with E-state index in [9.17, 15) is 13.2 Å². The van der Waals surface area contributed by atoms with Gasteiger partial charge < -0.3 is 9.30 Å². The number of thiazole rings is 1. The van der Waals surface area contributed by atoms with Crippen LogP contribution in [0.3, 0.4) is 0 Å². The van der Waals surface area contributed by atoms with Crippen molar-refractivity contribution in [3.63, 3.8) is 0 Å². The molecule has 0 radical (unpaired) electrons. The Balaban J connectivity index is 1.79. The number of ether oxygens (including phenoxy) is 1. The maximum Gasteiger partial charge on any atom is 0.283 e. The van der Waals surface area contributed by atoms with E-state index in [-0.39, 0.29) is 4.90 Å². The summed E-state index contributed by atoms with van der Waals surface area (Å²) in [6, 6.07) is 21.2. The molecule has 164 valence electrons. The summed E-state index contributed by atoms with van der Waals surface area (Å²) in [4.78, 5) is 18.3.